The normalized spacial score (nSPS) is 10.3. The van der Waals surface area contributed by atoms with Gasteiger partial charge in [0.25, 0.3) is 5.56 Å². The maximum Gasteiger partial charge on any atom is 0.282 e. The Morgan fingerprint density at radius 2 is 2.25 bits per heavy atom. The zero-order valence-electron chi connectivity index (χ0n) is 11.4. The van der Waals surface area contributed by atoms with Crippen LogP contribution >= 0.6 is 15.9 Å². The fraction of sp³-hybridized carbons (Fsp3) is 0.286. The maximum atomic E-state index is 11.7. The lowest BCUT2D eigenvalue weighted by Gasteiger charge is -2.10. The van der Waals surface area contributed by atoms with Crippen LogP contribution in [0.1, 0.15) is 5.56 Å². The zero-order chi connectivity index (χ0) is 14.5. The smallest absolute Gasteiger partial charge is 0.282 e. The zero-order valence-corrected chi connectivity index (χ0v) is 13.0. The fourth-order valence-corrected chi connectivity index (χ4v) is 2.19. The highest BCUT2D eigenvalue weighted by atomic mass is 79.9. The van der Waals surface area contributed by atoms with Gasteiger partial charge in [0.15, 0.2) is 0 Å². The molecule has 0 aliphatic rings. The third-order valence-corrected chi connectivity index (χ3v) is 3.52. The van der Waals surface area contributed by atoms with Crippen molar-refractivity contribution in [2.45, 2.75) is 6.92 Å². The molecule has 1 heterocycles. The van der Waals surface area contributed by atoms with Gasteiger partial charge in [0.2, 0.25) is 0 Å². The monoisotopic (exact) mass is 337 g/mol. The van der Waals surface area contributed by atoms with E-state index in [4.69, 9.17) is 4.74 Å². The molecule has 0 radical (unpaired) electrons. The van der Waals surface area contributed by atoms with Crippen LogP contribution in [-0.2, 0) is 7.05 Å². The summed E-state index contributed by atoms with van der Waals surface area (Å²) in [4.78, 5) is 11.7. The molecule has 0 aliphatic heterocycles. The second-order valence-electron chi connectivity index (χ2n) is 4.39. The molecular formula is C14H16BrN3O2. The van der Waals surface area contributed by atoms with Gasteiger partial charge < -0.3 is 10.1 Å². The summed E-state index contributed by atoms with van der Waals surface area (Å²) in [6.07, 6.45) is 1.61. The van der Waals surface area contributed by atoms with Gasteiger partial charge in [0.1, 0.15) is 16.8 Å². The van der Waals surface area contributed by atoms with E-state index in [1.807, 2.05) is 31.2 Å². The Hall–Kier alpha value is -1.82. The van der Waals surface area contributed by atoms with Gasteiger partial charge in [-0.25, -0.2) is 4.68 Å². The summed E-state index contributed by atoms with van der Waals surface area (Å²) in [7, 11) is 1.61. The van der Waals surface area contributed by atoms with Crippen LogP contribution in [0, 0.1) is 6.92 Å². The summed E-state index contributed by atoms with van der Waals surface area (Å²) in [5, 5.41) is 7.08. The van der Waals surface area contributed by atoms with E-state index in [0.717, 1.165) is 11.3 Å². The van der Waals surface area contributed by atoms with Crippen LogP contribution < -0.4 is 15.6 Å². The maximum absolute atomic E-state index is 11.7. The fourth-order valence-electron chi connectivity index (χ4n) is 1.69. The van der Waals surface area contributed by atoms with Gasteiger partial charge in [-0.3, -0.25) is 4.79 Å². The summed E-state index contributed by atoms with van der Waals surface area (Å²) >= 11 is 3.26. The van der Waals surface area contributed by atoms with Gasteiger partial charge in [-0.2, -0.15) is 5.10 Å². The summed E-state index contributed by atoms with van der Waals surface area (Å²) in [5.41, 5.74) is 1.66. The van der Waals surface area contributed by atoms with Crippen molar-refractivity contribution in [3.05, 3.63) is 50.9 Å². The van der Waals surface area contributed by atoms with Crippen molar-refractivity contribution in [3.63, 3.8) is 0 Å². The summed E-state index contributed by atoms with van der Waals surface area (Å²) in [5.74, 6) is 0.841. The van der Waals surface area contributed by atoms with Gasteiger partial charge in [0.05, 0.1) is 11.9 Å². The van der Waals surface area contributed by atoms with E-state index < -0.39 is 0 Å². The molecule has 0 saturated carbocycles. The average Bonchev–Trinajstić information content (AvgIpc) is 2.43. The van der Waals surface area contributed by atoms with Crippen LogP contribution in [0.15, 0.2) is 39.7 Å². The molecule has 2 aromatic rings. The van der Waals surface area contributed by atoms with E-state index in [0.29, 0.717) is 23.3 Å². The first-order valence-electron chi connectivity index (χ1n) is 6.23. The Balaban J connectivity index is 1.88. The summed E-state index contributed by atoms with van der Waals surface area (Å²) in [6, 6.07) is 7.88. The van der Waals surface area contributed by atoms with E-state index in [1.165, 1.54) is 4.68 Å². The quantitative estimate of drug-likeness (QED) is 0.851. The van der Waals surface area contributed by atoms with Crippen molar-refractivity contribution in [1.29, 1.82) is 0 Å². The highest BCUT2D eigenvalue weighted by Crippen LogP contribution is 2.16. The number of nitrogens with one attached hydrogen (secondary N) is 1. The summed E-state index contributed by atoms with van der Waals surface area (Å²) < 4.78 is 7.37. The topological polar surface area (TPSA) is 56.1 Å². The minimum Gasteiger partial charge on any atom is -0.492 e. The molecule has 1 aromatic heterocycles. The van der Waals surface area contributed by atoms with Crippen LogP contribution in [0.2, 0.25) is 0 Å². The number of ether oxygens (including phenoxy) is 1. The molecule has 6 heteroatoms. The van der Waals surface area contributed by atoms with E-state index in [2.05, 4.69) is 26.3 Å². The van der Waals surface area contributed by atoms with Crippen molar-refractivity contribution in [2.24, 2.45) is 7.05 Å². The first-order valence-corrected chi connectivity index (χ1v) is 7.02. The molecule has 0 fully saturated rings. The second-order valence-corrected chi connectivity index (χ2v) is 5.19. The van der Waals surface area contributed by atoms with Crippen LogP contribution in [0.3, 0.4) is 0 Å². The molecule has 0 spiro atoms. The molecule has 20 heavy (non-hydrogen) atoms. The molecule has 0 aliphatic carbocycles. The number of aromatic nitrogens is 2. The number of rotatable bonds is 5. The van der Waals surface area contributed by atoms with E-state index in [9.17, 15) is 4.79 Å². The van der Waals surface area contributed by atoms with Crippen LogP contribution in [0.4, 0.5) is 5.69 Å². The minimum absolute atomic E-state index is 0.172. The highest BCUT2D eigenvalue weighted by Gasteiger charge is 2.05. The average molecular weight is 338 g/mol. The molecule has 0 amide bonds. The van der Waals surface area contributed by atoms with Gasteiger partial charge in [0, 0.05) is 13.6 Å². The van der Waals surface area contributed by atoms with Gasteiger partial charge >= 0.3 is 0 Å². The van der Waals surface area contributed by atoms with Crippen LogP contribution in [0.5, 0.6) is 5.75 Å². The Labute approximate surface area is 125 Å². The molecule has 106 valence electrons. The third kappa shape index (κ3) is 3.60. The number of anilines is 1. The van der Waals surface area contributed by atoms with Gasteiger partial charge in [-0.15, -0.1) is 0 Å². The molecule has 0 atom stereocenters. The molecule has 0 unspecified atom stereocenters. The lowest BCUT2D eigenvalue weighted by molar-refractivity contribution is 0.332. The van der Waals surface area contributed by atoms with Gasteiger partial charge in [-0.05, 0) is 40.5 Å². The molecule has 1 N–H and O–H groups in total. The lowest BCUT2D eigenvalue weighted by atomic mass is 10.2. The van der Waals surface area contributed by atoms with Crippen LogP contribution in [0.25, 0.3) is 0 Å². The van der Waals surface area contributed by atoms with E-state index in [1.54, 1.807) is 13.2 Å². The van der Waals surface area contributed by atoms with Crippen LogP contribution in [-0.4, -0.2) is 22.9 Å². The number of hydrogen-bond acceptors (Lipinski definition) is 4. The lowest BCUT2D eigenvalue weighted by Crippen LogP contribution is -2.22. The standard InChI is InChI=1S/C14H16BrN3O2/c1-10-4-3-5-11(8-10)20-7-6-16-12-9-17-18(2)14(19)13(12)15/h3-5,8-9,16H,6-7H2,1-2H3. The van der Waals surface area contributed by atoms with Crippen molar-refractivity contribution in [2.75, 3.05) is 18.5 Å². The SMILES string of the molecule is Cc1cccc(OCCNc2cnn(C)c(=O)c2Br)c1. The molecule has 0 bridgehead atoms. The number of hydrogen-bond donors (Lipinski definition) is 1. The predicted octanol–water partition coefficient (Wildman–Crippen LogP) is 2.34. The largest absolute Gasteiger partial charge is 0.492 e. The molecular weight excluding hydrogens is 322 g/mol. The minimum atomic E-state index is -0.172. The summed E-state index contributed by atoms with van der Waals surface area (Å²) in [6.45, 7) is 3.11. The third-order valence-electron chi connectivity index (χ3n) is 2.75. The Morgan fingerprint density at radius 1 is 1.45 bits per heavy atom. The Kier molecular flexibility index (Phi) is 4.79. The number of benzene rings is 1. The Bertz CT molecular complexity index is 655. The van der Waals surface area contributed by atoms with Crippen molar-refractivity contribution in [1.82, 2.24) is 9.78 Å². The number of nitrogens with zero attached hydrogens (tertiary/aromatic N) is 2. The predicted molar refractivity (Wildman–Crippen MR) is 82.3 cm³/mol. The van der Waals surface area contributed by atoms with Crippen molar-refractivity contribution >= 4 is 21.6 Å². The Morgan fingerprint density at radius 3 is 3.00 bits per heavy atom. The van der Waals surface area contributed by atoms with Crippen molar-refractivity contribution < 1.29 is 4.74 Å². The molecule has 2 rings (SSSR count). The molecule has 0 saturated heterocycles. The molecule has 5 nitrogen and oxygen atoms in total. The molecule has 1 aromatic carbocycles. The number of halogens is 1. The second kappa shape index (κ2) is 6.56. The van der Waals surface area contributed by atoms with Crippen molar-refractivity contribution in [3.8, 4) is 5.75 Å². The van der Waals surface area contributed by atoms with E-state index >= 15 is 0 Å². The first-order chi connectivity index (χ1) is 9.58. The van der Waals surface area contributed by atoms with Gasteiger partial charge in [-0.1, -0.05) is 12.1 Å². The highest BCUT2D eigenvalue weighted by molar-refractivity contribution is 9.10. The number of aryl methyl sites for hydroxylation is 2. The first kappa shape index (κ1) is 14.6. The van der Waals surface area contributed by atoms with E-state index in [-0.39, 0.29) is 5.56 Å².